The van der Waals surface area contributed by atoms with Crippen LogP contribution in [0.25, 0.3) is 10.9 Å². The average molecular weight is 424 g/mol. The summed E-state index contributed by atoms with van der Waals surface area (Å²) >= 11 is 3.83. The molecule has 0 N–H and O–H groups in total. The fourth-order valence-electron chi connectivity index (χ4n) is 5.01. The van der Waals surface area contributed by atoms with Gasteiger partial charge in [0, 0.05) is 21.9 Å². The van der Waals surface area contributed by atoms with Gasteiger partial charge in [0.2, 0.25) is 0 Å². The van der Waals surface area contributed by atoms with E-state index in [4.69, 9.17) is 0 Å². The van der Waals surface area contributed by atoms with Gasteiger partial charge in [0.1, 0.15) is 0 Å². The molecular formula is C21H35BrN2Si. The fraction of sp³-hybridized carbons (Fsp3) is 0.619. The number of likely N-dealkylation sites (N-methyl/N-ethyl adjacent to an activating group) is 1. The van der Waals surface area contributed by atoms with Crippen LogP contribution in [-0.4, -0.2) is 38.0 Å². The van der Waals surface area contributed by atoms with Crippen molar-refractivity contribution in [3.63, 3.8) is 0 Å². The Labute approximate surface area is 163 Å². The molecule has 0 bridgehead atoms. The standard InChI is InChI=1S/C21H35BrN2Si/c1-15(2)25(16(3)4,17(5)6)24-14-18(12-13-23(7)8)21-19(22)10-9-11-20(21)24/h9-11,14-17H,12-13H2,1-8H3. The largest absolute Gasteiger partial charge is 0.373 e. The van der Waals surface area contributed by atoms with Crippen LogP contribution in [0.1, 0.15) is 47.1 Å². The quantitative estimate of drug-likeness (QED) is 0.460. The summed E-state index contributed by atoms with van der Waals surface area (Å²) in [5.74, 6) is 0. The summed E-state index contributed by atoms with van der Waals surface area (Å²) in [4.78, 5) is 2.28. The lowest BCUT2D eigenvalue weighted by molar-refractivity contribution is 0.414. The zero-order chi connectivity index (χ0) is 18.9. The number of halogens is 1. The smallest absolute Gasteiger partial charge is 0.169 e. The molecule has 0 amide bonds. The molecule has 1 aromatic heterocycles. The topological polar surface area (TPSA) is 8.17 Å². The van der Waals surface area contributed by atoms with Crippen LogP contribution in [0.3, 0.4) is 0 Å². The first kappa shape index (κ1) is 20.7. The Hall–Kier alpha value is -0.583. The molecule has 0 spiro atoms. The van der Waals surface area contributed by atoms with Crippen LogP contribution in [0, 0.1) is 0 Å². The third-order valence-corrected chi connectivity index (χ3v) is 13.3. The molecule has 0 saturated carbocycles. The van der Waals surface area contributed by atoms with Gasteiger partial charge >= 0.3 is 0 Å². The van der Waals surface area contributed by atoms with Crippen LogP contribution in [-0.2, 0) is 6.42 Å². The first-order chi connectivity index (χ1) is 11.6. The first-order valence-electron chi connectivity index (χ1n) is 9.57. The minimum absolute atomic E-state index is 0.698. The summed E-state index contributed by atoms with van der Waals surface area (Å²) in [5, 5.41) is 1.42. The van der Waals surface area contributed by atoms with Gasteiger partial charge in [0.05, 0.1) is 0 Å². The molecule has 2 nitrogen and oxygen atoms in total. The normalized spacial score (nSPS) is 13.2. The Bertz CT molecular complexity index is 694. The van der Waals surface area contributed by atoms with E-state index in [0.717, 1.165) is 13.0 Å². The molecule has 1 heterocycles. The van der Waals surface area contributed by atoms with Gasteiger partial charge in [-0.1, -0.05) is 63.5 Å². The Balaban J connectivity index is 2.78. The summed E-state index contributed by atoms with van der Waals surface area (Å²) in [6, 6.07) is 6.71. The number of rotatable bonds is 7. The molecule has 0 aliphatic heterocycles. The highest BCUT2D eigenvalue weighted by atomic mass is 79.9. The van der Waals surface area contributed by atoms with Gasteiger partial charge in [0.25, 0.3) is 0 Å². The predicted octanol–water partition coefficient (Wildman–Crippen LogP) is 6.53. The minimum Gasteiger partial charge on any atom is -0.373 e. The molecule has 0 fully saturated rings. The molecule has 0 aliphatic carbocycles. The van der Waals surface area contributed by atoms with Crippen LogP contribution in [0.15, 0.2) is 28.9 Å². The second kappa shape index (κ2) is 7.97. The van der Waals surface area contributed by atoms with E-state index in [1.165, 1.54) is 20.9 Å². The molecular weight excluding hydrogens is 388 g/mol. The van der Waals surface area contributed by atoms with Gasteiger partial charge in [-0.05, 0) is 61.0 Å². The fourth-order valence-corrected chi connectivity index (χ4v) is 12.3. The van der Waals surface area contributed by atoms with Crippen molar-refractivity contribution in [2.24, 2.45) is 0 Å². The van der Waals surface area contributed by atoms with E-state index in [1.54, 1.807) is 0 Å². The molecule has 0 aliphatic rings. The third kappa shape index (κ3) is 3.63. The number of benzene rings is 1. The van der Waals surface area contributed by atoms with E-state index >= 15 is 0 Å². The zero-order valence-corrected chi connectivity index (χ0v) is 19.8. The van der Waals surface area contributed by atoms with Gasteiger partial charge in [-0.15, -0.1) is 0 Å². The molecule has 25 heavy (non-hydrogen) atoms. The number of aromatic nitrogens is 1. The lowest BCUT2D eigenvalue weighted by atomic mass is 10.1. The number of hydrogen-bond donors (Lipinski definition) is 0. The van der Waals surface area contributed by atoms with Crippen LogP contribution >= 0.6 is 15.9 Å². The maximum absolute atomic E-state index is 3.83. The van der Waals surface area contributed by atoms with Crippen molar-refractivity contribution in [1.82, 2.24) is 9.13 Å². The summed E-state index contributed by atoms with van der Waals surface area (Å²) in [7, 11) is 2.57. The third-order valence-electron chi connectivity index (χ3n) is 5.88. The van der Waals surface area contributed by atoms with Gasteiger partial charge < -0.3 is 9.13 Å². The summed E-state index contributed by atoms with van der Waals surface area (Å²) in [5.41, 5.74) is 5.00. The maximum Gasteiger partial charge on any atom is 0.169 e. The SMILES string of the molecule is CC(C)[Si](C(C)C)(C(C)C)n1cc(CCN(C)C)c2c(Br)cccc21. The van der Waals surface area contributed by atoms with E-state index in [2.05, 4.69) is 105 Å². The summed E-state index contributed by atoms with van der Waals surface area (Å²) in [6.07, 6.45) is 3.60. The van der Waals surface area contributed by atoms with E-state index in [0.29, 0.717) is 16.6 Å². The predicted molar refractivity (Wildman–Crippen MR) is 118 cm³/mol. The highest BCUT2D eigenvalue weighted by Crippen LogP contribution is 2.45. The van der Waals surface area contributed by atoms with Crippen molar-refractivity contribution < 1.29 is 0 Å². The molecule has 2 aromatic rings. The second-order valence-electron chi connectivity index (χ2n) is 8.56. The van der Waals surface area contributed by atoms with Crippen LogP contribution in [0.5, 0.6) is 0 Å². The maximum atomic E-state index is 3.83. The zero-order valence-electron chi connectivity index (χ0n) is 17.2. The van der Waals surface area contributed by atoms with Crippen molar-refractivity contribution in [3.05, 3.63) is 34.4 Å². The molecule has 0 radical (unpaired) electrons. The van der Waals surface area contributed by atoms with E-state index in [1.807, 2.05) is 0 Å². The molecule has 1 aromatic carbocycles. The van der Waals surface area contributed by atoms with Gasteiger partial charge in [-0.3, -0.25) is 0 Å². The van der Waals surface area contributed by atoms with Crippen molar-refractivity contribution in [1.29, 1.82) is 0 Å². The van der Waals surface area contributed by atoms with Crippen LogP contribution in [0.2, 0.25) is 16.6 Å². The van der Waals surface area contributed by atoms with Gasteiger partial charge in [0.15, 0.2) is 8.24 Å². The molecule has 4 heteroatoms. The van der Waals surface area contributed by atoms with Crippen LogP contribution in [0.4, 0.5) is 0 Å². The highest BCUT2D eigenvalue weighted by Gasteiger charge is 2.46. The van der Waals surface area contributed by atoms with Gasteiger partial charge in [-0.25, -0.2) is 0 Å². The highest BCUT2D eigenvalue weighted by molar-refractivity contribution is 9.10. The van der Waals surface area contributed by atoms with E-state index in [-0.39, 0.29) is 0 Å². The Kier molecular flexibility index (Phi) is 6.61. The van der Waals surface area contributed by atoms with Gasteiger partial charge in [-0.2, -0.15) is 0 Å². The lowest BCUT2D eigenvalue weighted by Crippen LogP contribution is -2.51. The number of fused-ring (bicyclic) bond motifs is 1. The first-order valence-corrected chi connectivity index (χ1v) is 12.5. The summed E-state index contributed by atoms with van der Waals surface area (Å²) in [6.45, 7) is 15.7. The van der Waals surface area contributed by atoms with Crippen LogP contribution < -0.4 is 0 Å². The van der Waals surface area contributed by atoms with Crippen molar-refractivity contribution in [2.45, 2.75) is 64.6 Å². The van der Waals surface area contributed by atoms with Crippen molar-refractivity contribution >= 4 is 35.1 Å². The molecule has 0 unspecified atom stereocenters. The molecule has 2 rings (SSSR count). The molecule has 0 saturated heterocycles. The monoisotopic (exact) mass is 422 g/mol. The lowest BCUT2D eigenvalue weighted by Gasteiger charge is -2.44. The summed E-state index contributed by atoms with van der Waals surface area (Å²) < 4.78 is 3.98. The Morgan fingerprint density at radius 1 is 1.00 bits per heavy atom. The Morgan fingerprint density at radius 3 is 2.04 bits per heavy atom. The van der Waals surface area contributed by atoms with Crippen molar-refractivity contribution in [3.8, 4) is 0 Å². The molecule has 0 atom stereocenters. The Morgan fingerprint density at radius 2 is 1.56 bits per heavy atom. The van der Waals surface area contributed by atoms with E-state index < -0.39 is 8.24 Å². The molecule has 140 valence electrons. The van der Waals surface area contributed by atoms with E-state index in [9.17, 15) is 0 Å². The average Bonchev–Trinajstić information content (AvgIpc) is 2.85. The number of hydrogen-bond acceptors (Lipinski definition) is 1. The second-order valence-corrected chi connectivity index (χ2v) is 15.1. The van der Waals surface area contributed by atoms with Crippen molar-refractivity contribution in [2.75, 3.05) is 20.6 Å². The minimum atomic E-state index is -1.74. The number of nitrogens with zero attached hydrogens (tertiary/aromatic N) is 2.